The molecule has 2 fully saturated rings. The zero-order valence-corrected chi connectivity index (χ0v) is 20.3. The average molecular weight is 488 g/mol. The Morgan fingerprint density at radius 1 is 1.09 bits per heavy atom. The molecule has 0 aromatic heterocycles. The molecule has 0 bridgehead atoms. The molecule has 3 rings (SSSR count). The highest BCUT2D eigenvalue weighted by atomic mass is 32.2. The molecule has 2 aliphatic heterocycles. The Balaban J connectivity index is 1.64. The minimum Gasteiger partial charge on any atom is -0.444 e. The first-order valence-corrected chi connectivity index (χ1v) is 12.9. The third-order valence-corrected chi connectivity index (χ3v) is 6.87. The summed E-state index contributed by atoms with van der Waals surface area (Å²) in [5, 5.41) is 0. The summed E-state index contributed by atoms with van der Waals surface area (Å²) in [6.07, 6.45) is 2.31. The standard InChI is InChI=1S/C22H31F2N3O5S/c1-22(2,3)32-21(29)25-10-6-16(7-11-25)27-9-5-8-26(20(27)28)14-15-12-18(24)19(13-17(15)23)33(4,30)31/h12-13,16H,5-11,14H2,1-4H3. The van der Waals surface area contributed by atoms with E-state index in [9.17, 15) is 26.8 Å². The van der Waals surface area contributed by atoms with Crippen LogP contribution >= 0.6 is 0 Å². The largest absolute Gasteiger partial charge is 0.444 e. The van der Waals surface area contributed by atoms with Gasteiger partial charge in [-0.1, -0.05) is 0 Å². The molecular formula is C22H31F2N3O5S. The van der Waals surface area contributed by atoms with Crippen LogP contribution in [0.15, 0.2) is 17.0 Å². The lowest BCUT2D eigenvalue weighted by Crippen LogP contribution is -2.56. The van der Waals surface area contributed by atoms with Gasteiger partial charge in [-0.25, -0.2) is 26.8 Å². The first-order valence-electron chi connectivity index (χ1n) is 11.0. The Labute approximate surface area is 193 Å². The van der Waals surface area contributed by atoms with Crippen molar-refractivity contribution >= 4 is 22.0 Å². The van der Waals surface area contributed by atoms with Crippen molar-refractivity contribution in [1.29, 1.82) is 0 Å². The summed E-state index contributed by atoms with van der Waals surface area (Å²) in [5.74, 6) is -1.91. The zero-order valence-electron chi connectivity index (χ0n) is 19.4. The first-order chi connectivity index (χ1) is 15.3. The fourth-order valence-electron chi connectivity index (χ4n) is 4.16. The molecule has 0 aliphatic carbocycles. The number of carbonyl (C=O) groups excluding carboxylic acids is 2. The summed E-state index contributed by atoms with van der Waals surface area (Å²) < 4.78 is 57.4. The molecule has 0 N–H and O–H groups in total. The van der Waals surface area contributed by atoms with Crippen LogP contribution in [-0.2, 0) is 21.1 Å². The van der Waals surface area contributed by atoms with Gasteiger partial charge in [0.1, 0.15) is 22.1 Å². The fourth-order valence-corrected chi connectivity index (χ4v) is 4.89. The Bertz CT molecular complexity index is 1020. The number of benzene rings is 1. The average Bonchev–Trinajstić information content (AvgIpc) is 2.70. The first kappa shape index (κ1) is 25.2. The predicted molar refractivity (Wildman–Crippen MR) is 117 cm³/mol. The van der Waals surface area contributed by atoms with Crippen molar-refractivity contribution in [2.24, 2.45) is 0 Å². The van der Waals surface area contributed by atoms with Crippen LogP contribution in [0.2, 0.25) is 0 Å². The van der Waals surface area contributed by atoms with E-state index in [1.54, 1.807) is 9.80 Å². The van der Waals surface area contributed by atoms with Crippen LogP contribution in [0, 0.1) is 11.6 Å². The number of rotatable bonds is 4. The molecule has 2 saturated heterocycles. The molecule has 8 nitrogen and oxygen atoms in total. The lowest BCUT2D eigenvalue weighted by atomic mass is 10.0. The maximum Gasteiger partial charge on any atom is 0.410 e. The Hall–Kier alpha value is -2.43. The molecule has 0 spiro atoms. The number of sulfone groups is 1. The Morgan fingerprint density at radius 2 is 1.73 bits per heavy atom. The third-order valence-electron chi connectivity index (χ3n) is 5.76. The van der Waals surface area contributed by atoms with Crippen molar-refractivity contribution in [2.45, 2.75) is 63.1 Å². The minimum absolute atomic E-state index is 0.0619. The highest BCUT2D eigenvalue weighted by molar-refractivity contribution is 7.90. The van der Waals surface area contributed by atoms with Crippen LogP contribution in [-0.4, -0.2) is 79.3 Å². The molecular weight excluding hydrogens is 456 g/mol. The lowest BCUT2D eigenvalue weighted by molar-refractivity contribution is 0.0141. The molecule has 2 heterocycles. The lowest BCUT2D eigenvalue weighted by Gasteiger charge is -2.43. The number of likely N-dealkylation sites (tertiary alicyclic amines) is 1. The van der Waals surface area contributed by atoms with Gasteiger partial charge in [-0.2, -0.15) is 0 Å². The molecule has 184 valence electrons. The van der Waals surface area contributed by atoms with Crippen LogP contribution in [0.1, 0.15) is 45.6 Å². The molecule has 0 atom stereocenters. The van der Waals surface area contributed by atoms with Crippen molar-refractivity contribution in [3.63, 3.8) is 0 Å². The van der Waals surface area contributed by atoms with Gasteiger partial charge in [0, 0.05) is 44.0 Å². The van der Waals surface area contributed by atoms with Gasteiger partial charge < -0.3 is 19.4 Å². The molecule has 3 amide bonds. The second-order valence-electron chi connectivity index (χ2n) is 9.60. The third kappa shape index (κ3) is 6.13. The second-order valence-corrected chi connectivity index (χ2v) is 11.6. The molecule has 11 heteroatoms. The number of carbonyl (C=O) groups is 2. The van der Waals surface area contributed by atoms with E-state index in [2.05, 4.69) is 0 Å². The maximum atomic E-state index is 14.5. The van der Waals surface area contributed by atoms with Crippen LogP contribution in [0.4, 0.5) is 18.4 Å². The van der Waals surface area contributed by atoms with Crippen LogP contribution in [0.25, 0.3) is 0 Å². The van der Waals surface area contributed by atoms with E-state index in [1.807, 2.05) is 20.8 Å². The van der Waals surface area contributed by atoms with E-state index in [0.29, 0.717) is 51.5 Å². The van der Waals surface area contributed by atoms with Crippen molar-refractivity contribution in [3.05, 3.63) is 29.3 Å². The molecule has 0 unspecified atom stereocenters. The second kappa shape index (κ2) is 9.44. The Kier molecular flexibility index (Phi) is 7.21. The maximum absolute atomic E-state index is 14.5. The van der Waals surface area contributed by atoms with Gasteiger partial charge in [-0.3, -0.25) is 0 Å². The predicted octanol–water partition coefficient (Wildman–Crippen LogP) is 3.40. The molecule has 1 aromatic rings. The minimum atomic E-state index is -3.90. The van der Waals surface area contributed by atoms with Gasteiger partial charge in [0.15, 0.2) is 9.84 Å². The summed E-state index contributed by atoms with van der Waals surface area (Å²) in [6, 6.07) is 1.17. The van der Waals surface area contributed by atoms with E-state index in [0.717, 1.165) is 12.3 Å². The van der Waals surface area contributed by atoms with E-state index < -0.39 is 32.0 Å². The highest BCUT2D eigenvalue weighted by Gasteiger charge is 2.35. The quantitative estimate of drug-likeness (QED) is 0.650. The molecule has 1 aromatic carbocycles. The fraction of sp³-hybridized carbons (Fsp3) is 0.636. The zero-order chi connectivity index (χ0) is 24.6. The van der Waals surface area contributed by atoms with Crippen LogP contribution < -0.4 is 0 Å². The number of hydrogen-bond acceptors (Lipinski definition) is 5. The van der Waals surface area contributed by atoms with Gasteiger partial charge in [-0.15, -0.1) is 0 Å². The molecule has 0 saturated carbocycles. The topological polar surface area (TPSA) is 87.2 Å². The molecule has 2 aliphatic rings. The summed E-state index contributed by atoms with van der Waals surface area (Å²) in [5.41, 5.74) is -0.652. The number of amides is 3. The summed E-state index contributed by atoms with van der Waals surface area (Å²) in [7, 11) is -3.90. The number of hydrogen-bond donors (Lipinski definition) is 0. The van der Waals surface area contributed by atoms with Crippen molar-refractivity contribution in [1.82, 2.24) is 14.7 Å². The van der Waals surface area contributed by atoms with E-state index in [4.69, 9.17) is 4.74 Å². The normalized spacial score (nSPS) is 18.6. The van der Waals surface area contributed by atoms with Crippen molar-refractivity contribution < 1.29 is 31.5 Å². The summed E-state index contributed by atoms with van der Waals surface area (Å²) in [4.78, 5) is 29.5. The molecule has 0 radical (unpaired) electrons. The number of halogens is 2. The van der Waals surface area contributed by atoms with Crippen LogP contribution in [0.3, 0.4) is 0 Å². The van der Waals surface area contributed by atoms with Gasteiger partial charge in [0.2, 0.25) is 0 Å². The van der Waals surface area contributed by atoms with Gasteiger partial charge in [0.25, 0.3) is 0 Å². The number of nitrogens with zero attached hydrogens (tertiary/aromatic N) is 3. The Morgan fingerprint density at radius 3 is 2.30 bits per heavy atom. The van der Waals surface area contributed by atoms with E-state index >= 15 is 0 Å². The monoisotopic (exact) mass is 487 g/mol. The van der Waals surface area contributed by atoms with E-state index in [1.165, 1.54) is 4.90 Å². The summed E-state index contributed by atoms with van der Waals surface area (Å²) in [6.45, 7) is 7.15. The van der Waals surface area contributed by atoms with Gasteiger partial charge in [0.05, 0.1) is 6.54 Å². The smallest absolute Gasteiger partial charge is 0.410 e. The SMILES string of the molecule is CC(C)(C)OC(=O)N1CCC(N2CCCN(Cc3cc(F)c(S(C)(=O)=O)cc3F)C2=O)CC1. The number of ether oxygens (including phenoxy) is 1. The van der Waals surface area contributed by atoms with Crippen molar-refractivity contribution in [2.75, 3.05) is 32.4 Å². The number of urea groups is 1. The highest BCUT2D eigenvalue weighted by Crippen LogP contribution is 2.25. The van der Waals surface area contributed by atoms with Crippen LogP contribution in [0.5, 0.6) is 0 Å². The van der Waals surface area contributed by atoms with Gasteiger partial charge in [-0.05, 0) is 52.2 Å². The summed E-state index contributed by atoms with van der Waals surface area (Å²) >= 11 is 0. The number of piperidine rings is 1. The van der Waals surface area contributed by atoms with E-state index in [-0.39, 0.29) is 30.3 Å². The van der Waals surface area contributed by atoms with Gasteiger partial charge >= 0.3 is 12.1 Å². The van der Waals surface area contributed by atoms with Crippen molar-refractivity contribution in [3.8, 4) is 0 Å². The molecule has 33 heavy (non-hydrogen) atoms.